The van der Waals surface area contributed by atoms with Crippen molar-refractivity contribution < 1.29 is 19.2 Å². The molecule has 0 saturated carbocycles. The molecule has 0 bridgehead atoms. The smallest absolute Gasteiger partial charge is 0.336 e. The minimum atomic E-state index is -1.27. The molecule has 0 aromatic heterocycles. The number of nitrogens with zero attached hydrogens (tertiary/aromatic N) is 1. The lowest BCUT2D eigenvalue weighted by atomic mass is 10.0. The molecule has 0 radical (unpaired) electrons. The van der Waals surface area contributed by atoms with Crippen LogP contribution < -0.4 is 0 Å². The predicted octanol–water partition coefficient (Wildman–Crippen LogP) is 4.32. The third-order valence-corrected chi connectivity index (χ3v) is 3.51. The SMILES string of the molecule is Cc1ccc(/C(=C/c2ccc(Cl)c([N+](=O)[O-])c2)C(=O)O)cc1F. The van der Waals surface area contributed by atoms with Crippen LogP contribution in [0.3, 0.4) is 0 Å². The van der Waals surface area contributed by atoms with E-state index in [-0.39, 0.29) is 27.4 Å². The van der Waals surface area contributed by atoms with E-state index in [1.54, 1.807) is 6.92 Å². The molecule has 0 aliphatic carbocycles. The van der Waals surface area contributed by atoms with E-state index in [0.717, 1.165) is 12.1 Å². The summed E-state index contributed by atoms with van der Waals surface area (Å²) in [4.78, 5) is 21.7. The topological polar surface area (TPSA) is 80.4 Å². The molecule has 2 rings (SSSR count). The first-order chi connectivity index (χ1) is 10.8. The highest BCUT2D eigenvalue weighted by molar-refractivity contribution is 6.32. The Bertz CT molecular complexity index is 833. The second kappa shape index (κ2) is 6.58. The number of nitro benzene ring substituents is 1. The van der Waals surface area contributed by atoms with Gasteiger partial charge < -0.3 is 5.11 Å². The maximum absolute atomic E-state index is 13.6. The summed E-state index contributed by atoms with van der Waals surface area (Å²) in [6.45, 7) is 1.56. The van der Waals surface area contributed by atoms with E-state index >= 15 is 0 Å². The number of hydrogen-bond acceptors (Lipinski definition) is 3. The zero-order chi connectivity index (χ0) is 17.1. The fourth-order valence-electron chi connectivity index (χ4n) is 1.95. The van der Waals surface area contributed by atoms with Gasteiger partial charge in [-0.25, -0.2) is 9.18 Å². The molecule has 0 heterocycles. The average molecular weight is 336 g/mol. The van der Waals surface area contributed by atoms with Crippen LogP contribution in [0.1, 0.15) is 16.7 Å². The van der Waals surface area contributed by atoms with Crippen LogP contribution in [-0.2, 0) is 4.79 Å². The molecule has 0 aliphatic heterocycles. The predicted molar refractivity (Wildman–Crippen MR) is 84.8 cm³/mol. The number of hydrogen-bond donors (Lipinski definition) is 1. The third kappa shape index (κ3) is 3.73. The Hall–Kier alpha value is -2.73. The fourth-order valence-corrected chi connectivity index (χ4v) is 2.14. The van der Waals surface area contributed by atoms with Gasteiger partial charge in [0.2, 0.25) is 0 Å². The van der Waals surface area contributed by atoms with Gasteiger partial charge in [0, 0.05) is 6.07 Å². The van der Waals surface area contributed by atoms with Crippen LogP contribution in [0.4, 0.5) is 10.1 Å². The van der Waals surface area contributed by atoms with Gasteiger partial charge >= 0.3 is 5.97 Å². The summed E-state index contributed by atoms with van der Waals surface area (Å²) in [5.41, 5.74) is 0.319. The molecule has 23 heavy (non-hydrogen) atoms. The normalized spacial score (nSPS) is 11.3. The molecule has 0 fully saturated rings. The number of carboxylic acid groups (broad SMARTS) is 1. The van der Waals surface area contributed by atoms with Gasteiger partial charge in [-0.05, 0) is 41.8 Å². The zero-order valence-electron chi connectivity index (χ0n) is 11.9. The number of aliphatic carboxylic acids is 1. The highest BCUT2D eigenvalue weighted by Gasteiger charge is 2.15. The van der Waals surface area contributed by atoms with E-state index in [1.165, 1.54) is 30.3 Å². The van der Waals surface area contributed by atoms with E-state index in [9.17, 15) is 24.4 Å². The number of aryl methyl sites for hydroxylation is 1. The molecular formula is C16H11ClFNO4. The molecule has 0 unspecified atom stereocenters. The first-order valence-corrected chi connectivity index (χ1v) is 6.83. The highest BCUT2D eigenvalue weighted by Crippen LogP contribution is 2.28. The van der Waals surface area contributed by atoms with Crippen LogP contribution in [0.2, 0.25) is 5.02 Å². The maximum atomic E-state index is 13.6. The van der Waals surface area contributed by atoms with Gasteiger partial charge in [-0.1, -0.05) is 29.8 Å². The number of halogens is 2. The minimum Gasteiger partial charge on any atom is -0.478 e. The van der Waals surface area contributed by atoms with Crippen LogP contribution in [0.5, 0.6) is 0 Å². The van der Waals surface area contributed by atoms with Crippen molar-refractivity contribution in [3.05, 3.63) is 74.0 Å². The fraction of sp³-hybridized carbons (Fsp3) is 0.0625. The Morgan fingerprint density at radius 3 is 2.57 bits per heavy atom. The van der Waals surface area contributed by atoms with E-state index < -0.39 is 16.7 Å². The third-order valence-electron chi connectivity index (χ3n) is 3.19. The lowest BCUT2D eigenvalue weighted by molar-refractivity contribution is -0.384. The average Bonchev–Trinajstić information content (AvgIpc) is 2.48. The molecular weight excluding hydrogens is 325 g/mol. The van der Waals surface area contributed by atoms with Gasteiger partial charge in [-0.2, -0.15) is 0 Å². The molecule has 2 aromatic rings. The number of carboxylic acids is 1. The van der Waals surface area contributed by atoms with E-state index in [4.69, 9.17) is 11.6 Å². The standard InChI is InChI=1S/C16H11ClFNO4/c1-9-2-4-11(8-14(9)18)12(16(20)21)6-10-3-5-13(17)15(7-10)19(22)23/h2-8H,1H3,(H,20,21)/b12-6-. The van der Waals surface area contributed by atoms with Gasteiger partial charge in [0.05, 0.1) is 10.5 Å². The monoisotopic (exact) mass is 335 g/mol. The number of rotatable bonds is 4. The highest BCUT2D eigenvalue weighted by atomic mass is 35.5. The van der Waals surface area contributed by atoms with Crippen LogP contribution >= 0.6 is 11.6 Å². The van der Waals surface area contributed by atoms with Crippen LogP contribution in [0, 0.1) is 22.9 Å². The number of nitro groups is 1. The summed E-state index contributed by atoms with van der Waals surface area (Å²) in [6, 6.07) is 7.97. The van der Waals surface area contributed by atoms with Crippen LogP contribution in [0.25, 0.3) is 11.6 Å². The van der Waals surface area contributed by atoms with E-state index in [0.29, 0.717) is 5.56 Å². The van der Waals surface area contributed by atoms with Gasteiger partial charge in [-0.15, -0.1) is 0 Å². The van der Waals surface area contributed by atoms with Crippen molar-refractivity contribution in [3.8, 4) is 0 Å². The Labute approximate surface area is 135 Å². The van der Waals surface area contributed by atoms with Gasteiger partial charge in [0.1, 0.15) is 10.8 Å². The van der Waals surface area contributed by atoms with Crippen molar-refractivity contribution in [2.75, 3.05) is 0 Å². The minimum absolute atomic E-state index is 0.0506. The molecule has 118 valence electrons. The van der Waals surface area contributed by atoms with Gasteiger partial charge in [0.25, 0.3) is 5.69 Å². The second-order valence-corrected chi connectivity index (χ2v) is 5.20. The molecule has 0 spiro atoms. The quantitative estimate of drug-likeness (QED) is 0.390. The molecule has 7 heteroatoms. The molecule has 0 atom stereocenters. The largest absolute Gasteiger partial charge is 0.478 e. The van der Waals surface area contributed by atoms with Crippen molar-refractivity contribution in [1.82, 2.24) is 0 Å². The molecule has 1 N–H and O–H groups in total. The maximum Gasteiger partial charge on any atom is 0.336 e. The molecule has 2 aromatic carbocycles. The lowest BCUT2D eigenvalue weighted by Gasteiger charge is -2.05. The van der Waals surface area contributed by atoms with E-state index in [2.05, 4.69) is 0 Å². The Kier molecular flexibility index (Phi) is 4.76. The van der Waals surface area contributed by atoms with Crippen molar-refractivity contribution in [3.63, 3.8) is 0 Å². The van der Waals surface area contributed by atoms with Gasteiger partial charge in [-0.3, -0.25) is 10.1 Å². The first-order valence-electron chi connectivity index (χ1n) is 6.45. The Balaban J connectivity index is 2.55. The van der Waals surface area contributed by atoms with Crippen molar-refractivity contribution in [1.29, 1.82) is 0 Å². The molecule has 0 saturated heterocycles. The Morgan fingerprint density at radius 2 is 2.00 bits per heavy atom. The number of carbonyl (C=O) groups is 1. The number of benzene rings is 2. The van der Waals surface area contributed by atoms with Gasteiger partial charge in [0.15, 0.2) is 0 Å². The summed E-state index contributed by atoms with van der Waals surface area (Å²) < 4.78 is 13.6. The summed E-state index contributed by atoms with van der Waals surface area (Å²) in [7, 11) is 0. The van der Waals surface area contributed by atoms with E-state index in [1.807, 2.05) is 0 Å². The molecule has 0 amide bonds. The lowest BCUT2D eigenvalue weighted by Crippen LogP contribution is -2.01. The first kappa shape index (κ1) is 16.6. The molecule has 0 aliphatic rings. The van der Waals surface area contributed by atoms with Crippen LogP contribution in [0.15, 0.2) is 36.4 Å². The summed E-state index contributed by atoms with van der Waals surface area (Å²) in [5.74, 6) is -1.80. The van der Waals surface area contributed by atoms with Crippen molar-refractivity contribution in [2.45, 2.75) is 6.92 Å². The second-order valence-electron chi connectivity index (χ2n) is 4.80. The Morgan fingerprint density at radius 1 is 1.30 bits per heavy atom. The summed E-state index contributed by atoms with van der Waals surface area (Å²) in [5, 5.41) is 20.2. The summed E-state index contributed by atoms with van der Waals surface area (Å²) in [6.07, 6.45) is 1.23. The van der Waals surface area contributed by atoms with Crippen LogP contribution in [-0.4, -0.2) is 16.0 Å². The zero-order valence-corrected chi connectivity index (χ0v) is 12.7. The summed E-state index contributed by atoms with van der Waals surface area (Å²) >= 11 is 5.72. The van der Waals surface area contributed by atoms with Crippen molar-refractivity contribution in [2.24, 2.45) is 0 Å². The molecule has 5 nitrogen and oxygen atoms in total. The van der Waals surface area contributed by atoms with Crippen molar-refractivity contribution >= 4 is 34.9 Å².